The molecule has 12 nitrogen and oxygen atoms in total. The first kappa shape index (κ1) is 35.5. The van der Waals surface area contributed by atoms with E-state index in [-0.39, 0.29) is 118 Å². The van der Waals surface area contributed by atoms with Crippen molar-refractivity contribution in [3.8, 4) is 0 Å². The molecular weight excluding hydrogens is 418 g/mol. The van der Waals surface area contributed by atoms with Crippen LogP contribution in [-0.2, 0) is 22.9 Å². The van der Waals surface area contributed by atoms with Crippen LogP contribution in [0.3, 0.4) is 0 Å². The van der Waals surface area contributed by atoms with Gasteiger partial charge in [0.1, 0.15) is 24.9 Å². The Labute approximate surface area is 225 Å². The first-order chi connectivity index (χ1) is 8.84. The molecule has 0 spiro atoms. The molecule has 3 N–H and O–H groups in total. The third-order valence-corrected chi connectivity index (χ3v) is 3.26. The van der Waals surface area contributed by atoms with Crippen molar-refractivity contribution in [2.45, 2.75) is 24.1 Å². The molecule has 0 aromatic rings. The molecule has 1 rings (SSSR count). The summed E-state index contributed by atoms with van der Waals surface area (Å²) in [5.41, 5.74) is 0. The van der Waals surface area contributed by atoms with E-state index in [0.717, 1.165) is 0 Å². The number of aliphatic hydroxyl groups excluding tert-OH is 2. The summed E-state index contributed by atoms with van der Waals surface area (Å²) in [6.07, 6.45) is -5.69. The summed E-state index contributed by atoms with van der Waals surface area (Å²) in [4.78, 5) is 41.0. The molecule has 4 atom stereocenters. The number of rotatable bonds is 6. The van der Waals surface area contributed by atoms with Crippen molar-refractivity contribution < 1.29 is 176 Å². The molecule has 1 fully saturated rings. The molecule has 0 aromatic heterocycles. The molecule has 0 saturated carbocycles. The zero-order valence-electron chi connectivity index (χ0n) is 13.6. The van der Waals surface area contributed by atoms with Crippen molar-refractivity contribution in [1.82, 2.24) is 0 Å². The number of phosphoric ester groups is 2. The van der Waals surface area contributed by atoms with Crippen LogP contribution >= 0.6 is 15.6 Å². The zero-order valence-corrected chi connectivity index (χ0v) is 23.3. The van der Waals surface area contributed by atoms with Gasteiger partial charge in [-0.3, -0.25) is 0 Å². The van der Waals surface area contributed by atoms with E-state index >= 15 is 0 Å². The third kappa shape index (κ3) is 12.6. The minimum Gasteiger partial charge on any atom is -0.790 e. The Bertz CT molecular complexity index is 443. The van der Waals surface area contributed by atoms with E-state index in [4.69, 9.17) is 0 Å². The average molecular weight is 428 g/mol. The standard InChI is InChI=1S/C6H14O12P2.4Na/c7-4-3(1-16-19(10,11)12)18-6(9,5(4)8)2-17-20(13,14)15;;;;/h3-5,7-9H,1-2H2,(H2,10,11,12)(H2,13,14,15);;;;/q;4*+1/p-4/t3-,4+,5+,6?;;;;/m1..../s1. The fraction of sp³-hybridized carbons (Fsp3) is 1.00. The monoisotopic (exact) mass is 428 g/mol. The van der Waals surface area contributed by atoms with Crippen LogP contribution in [-0.4, -0.2) is 52.6 Å². The Balaban J connectivity index is -0.000000500. The SMILES string of the molecule is O=P([O-])([O-])OC[C@H]1OC(O)(COP(=O)([O-])[O-])[C@@H](O)[C@H]1O.[Na+].[Na+].[Na+].[Na+]. The van der Waals surface area contributed by atoms with Crippen molar-refractivity contribution in [3.05, 3.63) is 0 Å². The summed E-state index contributed by atoms with van der Waals surface area (Å²) < 4.78 is 32.6. The second-order valence-electron chi connectivity index (χ2n) is 3.90. The predicted molar refractivity (Wildman–Crippen MR) is 49.0 cm³/mol. The van der Waals surface area contributed by atoms with E-state index in [1.165, 1.54) is 0 Å². The molecule has 1 saturated heterocycles. The number of hydrogen-bond acceptors (Lipinski definition) is 12. The van der Waals surface area contributed by atoms with E-state index in [0.29, 0.717) is 0 Å². The molecule has 120 valence electrons. The van der Waals surface area contributed by atoms with E-state index in [9.17, 15) is 44.0 Å². The van der Waals surface area contributed by atoms with Gasteiger partial charge in [0.05, 0.1) is 22.3 Å². The van der Waals surface area contributed by atoms with Crippen molar-refractivity contribution in [1.29, 1.82) is 0 Å². The second kappa shape index (κ2) is 14.1. The molecule has 0 amide bonds. The summed E-state index contributed by atoms with van der Waals surface area (Å²) in [6, 6.07) is 0. The van der Waals surface area contributed by atoms with Crippen molar-refractivity contribution in [2.75, 3.05) is 13.2 Å². The second-order valence-corrected chi connectivity index (χ2v) is 6.21. The molecule has 0 radical (unpaired) electrons. The molecule has 24 heavy (non-hydrogen) atoms. The zero-order chi connectivity index (χ0) is 15.8. The Morgan fingerprint density at radius 1 is 0.958 bits per heavy atom. The van der Waals surface area contributed by atoms with Crippen LogP contribution < -0.4 is 138 Å². The Hall–Kier alpha value is 4.06. The molecule has 1 heterocycles. The van der Waals surface area contributed by atoms with Crippen LogP contribution in [0.5, 0.6) is 0 Å². The first-order valence-electron chi connectivity index (χ1n) is 4.93. The molecule has 1 unspecified atom stereocenters. The maximum Gasteiger partial charge on any atom is 1.00 e. The number of hydrogen-bond donors (Lipinski definition) is 3. The van der Waals surface area contributed by atoms with Crippen molar-refractivity contribution >= 4 is 15.6 Å². The topological polar surface area (TPSA) is 215 Å². The molecular formula is C6H10Na4O12P2. The van der Waals surface area contributed by atoms with Crippen LogP contribution in [0.25, 0.3) is 0 Å². The van der Waals surface area contributed by atoms with Gasteiger partial charge < -0.3 is 57.8 Å². The molecule has 0 bridgehead atoms. The van der Waals surface area contributed by atoms with Gasteiger partial charge in [-0.1, -0.05) is 0 Å². The van der Waals surface area contributed by atoms with Gasteiger partial charge in [0.2, 0.25) is 5.79 Å². The van der Waals surface area contributed by atoms with Crippen molar-refractivity contribution in [3.63, 3.8) is 0 Å². The summed E-state index contributed by atoms with van der Waals surface area (Å²) in [6.45, 7) is -2.37. The van der Waals surface area contributed by atoms with Crippen LogP contribution in [0, 0.1) is 0 Å². The van der Waals surface area contributed by atoms with E-state index in [2.05, 4.69) is 13.8 Å². The van der Waals surface area contributed by atoms with Crippen LogP contribution in [0.15, 0.2) is 0 Å². The van der Waals surface area contributed by atoms with E-state index in [1.54, 1.807) is 0 Å². The molecule has 1 aliphatic rings. The number of aliphatic hydroxyl groups is 3. The smallest absolute Gasteiger partial charge is 0.790 e. The maximum atomic E-state index is 10.3. The van der Waals surface area contributed by atoms with Gasteiger partial charge >= 0.3 is 118 Å². The average Bonchev–Trinajstić information content (AvgIpc) is 2.48. The number of phosphoric acid groups is 2. The quantitative estimate of drug-likeness (QED) is 0.266. The Morgan fingerprint density at radius 3 is 1.75 bits per heavy atom. The number of ether oxygens (including phenoxy) is 1. The van der Waals surface area contributed by atoms with Crippen LogP contribution in [0.1, 0.15) is 0 Å². The minimum absolute atomic E-state index is 0. The van der Waals surface area contributed by atoms with Crippen LogP contribution in [0.2, 0.25) is 0 Å². The first-order valence-corrected chi connectivity index (χ1v) is 7.86. The molecule has 0 aromatic carbocycles. The van der Waals surface area contributed by atoms with E-state index < -0.39 is 53.0 Å². The Morgan fingerprint density at radius 2 is 1.38 bits per heavy atom. The third-order valence-electron chi connectivity index (χ3n) is 2.35. The van der Waals surface area contributed by atoms with Gasteiger partial charge in [0.25, 0.3) is 0 Å². The fourth-order valence-corrected chi connectivity index (χ4v) is 2.13. The van der Waals surface area contributed by atoms with Crippen LogP contribution in [0.4, 0.5) is 0 Å². The summed E-state index contributed by atoms with van der Waals surface area (Å²) in [5.74, 6) is -2.78. The normalized spacial score (nSPS) is 29.5. The molecule has 1 aliphatic heterocycles. The summed E-state index contributed by atoms with van der Waals surface area (Å²) in [7, 11) is -10.9. The van der Waals surface area contributed by atoms with Gasteiger partial charge in [0, 0.05) is 0 Å². The fourth-order valence-electron chi connectivity index (χ4n) is 1.46. The van der Waals surface area contributed by atoms with Gasteiger partial charge in [-0.05, 0) is 0 Å². The summed E-state index contributed by atoms with van der Waals surface area (Å²) >= 11 is 0. The van der Waals surface area contributed by atoms with Gasteiger partial charge in [-0.15, -0.1) is 0 Å². The van der Waals surface area contributed by atoms with Gasteiger partial charge in [-0.25, -0.2) is 0 Å². The molecule has 18 heteroatoms. The predicted octanol–water partition coefficient (Wildman–Crippen LogP) is -17.5. The van der Waals surface area contributed by atoms with Gasteiger partial charge in [-0.2, -0.15) is 0 Å². The minimum atomic E-state index is -5.48. The Kier molecular flexibility index (Phi) is 20.9. The maximum absolute atomic E-state index is 10.3. The van der Waals surface area contributed by atoms with Crippen molar-refractivity contribution in [2.24, 2.45) is 0 Å². The van der Waals surface area contributed by atoms with E-state index in [1.807, 2.05) is 0 Å². The van der Waals surface area contributed by atoms with Gasteiger partial charge in [0.15, 0.2) is 0 Å². The largest absolute Gasteiger partial charge is 1.00 e. The molecule has 0 aliphatic carbocycles. The summed E-state index contributed by atoms with van der Waals surface area (Å²) in [5, 5.41) is 28.5.